The van der Waals surface area contributed by atoms with Gasteiger partial charge in [0.05, 0.1) is 0 Å². The molecule has 1 saturated carbocycles. The maximum absolute atomic E-state index is 6.49. The maximum atomic E-state index is 6.49. The van der Waals surface area contributed by atoms with E-state index < -0.39 is 8.32 Å². The Bertz CT molecular complexity index is 205. The van der Waals surface area contributed by atoms with Crippen molar-refractivity contribution in [3.63, 3.8) is 0 Å². The third-order valence-corrected chi connectivity index (χ3v) is 8.79. The van der Waals surface area contributed by atoms with Crippen molar-refractivity contribution in [1.82, 2.24) is 0 Å². The first-order valence-corrected chi connectivity index (χ1v) is 9.33. The quantitative estimate of drug-likeness (QED) is 0.628. The lowest BCUT2D eigenvalue weighted by Gasteiger charge is -2.42. The molecule has 1 nitrogen and oxygen atoms in total. The van der Waals surface area contributed by atoms with Gasteiger partial charge in [0, 0.05) is 6.10 Å². The summed E-state index contributed by atoms with van der Waals surface area (Å²) in [7, 11) is -1.53. The van der Waals surface area contributed by atoms with Gasteiger partial charge in [-0.25, -0.2) is 0 Å². The largest absolute Gasteiger partial charge is 0.414 e. The molecule has 0 aromatic carbocycles. The summed E-state index contributed by atoms with van der Waals surface area (Å²) in [4.78, 5) is 0. The van der Waals surface area contributed by atoms with Crippen LogP contribution in [-0.4, -0.2) is 14.4 Å². The summed E-state index contributed by atoms with van der Waals surface area (Å²) in [5, 5.41) is 0.351. The molecule has 15 heavy (non-hydrogen) atoms. The van der Waals surface area contributed by atoms with Crippen molar-refractivity contribution in [3.8, 4) is 0 Å². The molecule has 0 radical (unpaired) electrons. The zero-order valence-corrected chi connectivity index (χ0v) is 12.4. The Kier molecular flexibility index (Phi) is 4.05. The van der Waals surface area contributed by atoms with E-state index in [1.807, 2.05) is 0 Å². The molecule has 0 aromatic rings. The van der Waals surface area contributed by atoms with Gasteiger partial charge in [-0.15, -0.1) is 0 Å². The summed E-state index contributed by atoms with van der Waals surface area (Å²) >= 11 is 0. The van der Waals surface area contributed by atoms with Crippen LogP contribution >= 0.6 is 0 Å². The monoisotopic (exact) mass is 228 g/mol. The van der Waals surface area contributed by atoms with Crippen LogP contribution < -0.4 is 0 Å². The highest BCUT2D eigenvalue weighted by Gasteiger charge is 2.40. The van der Waals surface area contributed by atoms with Crippen LogP contribution in [0.3, 0.4) is 0 Å². The summed E-state index contributed by atoms with van der Waals surface area (Å²) in [6, 6.07) is 0. The molecule has 0 amide bonds. The van der Waals surface area contributed by atoms with E-state index in [-0.39, 0.29) is 0 Å². The van der Waals surface area contributed by atoms with Gasteiger partial charge in [0.2, 0.25) is 0 Å². The second-order valence-electron chi connectivity index (χ2n) is 6.68. The highest BCUT2D eigenvalue weighted by atomic mass is 28.4. The van der Waals surface area contributed by atoms with Gasteiger partial charge in [0.25, 0.3) is 0 Å². The first-order chi connectivity index (χ1) is 6.74. The molecular weight excluding hydrogens is 200 g/mol. The average Bonchev–Trinajstić information content (AvgIpc) is 2.06. The van der Waals surface area contributed by atoms with Crippen LogP contribution in [0.2, 0.25) is 18.1 Å². The third-order valence-electron chi connectivity index (χ3n) is 4.28. The molecule has 0 N–H and O–H groups in total. The van der Waals surface area contributed by atoms with Crippen molar-refractivity contribution in [2.45, 2.75) is 77.6 Å². The highest BCUT2D eigenvalue weighted by Crippen LogP contribution is 2.40. The Hall–Kier alpha value is 0.177. The molecule has 0 aromatic heterocycles. The van der Waals surface area contributed by atoms with Crippen LogP contribution in [0.5, 0.6) is 0 Å². The predicted octanol–water partition coefficient (Wildman–Crippen LogP) is 4.59. The Morgan fingerprint density at radius 1 is 1.07 bits per heavy atom. The van der Waals surface area contributed by atoms with Gasteiger partial charge >= 0.3 is 0 Å². The molecule has 0 aliphatic heterocycles. The topological polar surface area (TPSA) is 9.23 Å². The Balaban J connectivity index is 2.59. The fraction of sp³-hybridized carbons (Fsp3) is 1.00. The van der Waals surface area contributed by atoms with E-state index in [0.717, 1.165) is 5.92 Å². The molecule has 1 aliphatic rings. The highest BCUT2D eigenvalue weighted by molar-refractivity contribution is 6.74. The second-order valence-corrected chi connectivity index (χ2v) is 11.4. The van der Waals surface area contributed by atoms with Gasteiger partial charge in [-0.3, -0.25) is 0 Å². The summed E-state index contributed by atoms with van der Waals surface area (Å²) in [5.74, 6) is 0.771. The van der Waals surface area contributed by atoms with Crippen molar-refractivity contribution >= 4 is 8.32 Å². The first kappa shape index (κ1) is 13.2. The first-order valence-electron chi connectivity index (χ1n) is 6.42. The Labute approximate surface area is 96.7 Å². The SMILES string of the molecule is C[C@@H]1CCCC[C@H]1O[Si](C)(C)C(C)(C)C. The third kappa shape index (κ3) is 3.32. The van der Waals surface area contributed by atoms with E-state index in [1.165, 1.54) is 25.7 Å². The van der Waals surface area contributed by atoms with E-state index in [1.54, 1.807) is 0 Å². The lowest BCUT2D eigenvalue weighted by atomic mass is 9.88. The van der Waals surface area contributed by atoms with E-state index in [0.29, 0.717) is 11.1 Å². The molecule has 0 heterocycles. The summed E-state index contributed by atoms with van der Waals surface area (Å²) < 4.78 is 6.49. The summed E-state index contributed by atoms with van der Waals surface area (Å²) in [5.41, 5.74) is 0. The molecule has 2 heteroatoms. The fourth-order valence-electron chi connectivity index (χ4n) is 2.01. The van der Waals surface area contributed by atoms with E-state index in [2.05, 4.69) is 40.8 Å². The van der Waals surface area contributed by atoms with Gasteiger partial charge < -0.3 is 4.43 Å². The van der Waals surface area contributed by atoms with Crippen LogP contribution in [0.4, 0.5) is 0 Å². The summed E-state index contributed by atoms with van der Waals surface area (Å²) in [6.45, 7) is 14.1. The maximum Gasteiger partial charge on any atom is 0.192 e. The van der Waals surface area contributed by atoms with Crippen LogP contribution in [0.15, 0.2) is 0 Å². The summed E-state index contributed by atoms with van der Waals surface area (Å²) in [6.07, 6.45) is 5.95. The van der Waals surface area contributed by atoms with Gasteiger partial charge in [-0.2, -0.15) is 0 Å². The molecule has 2 atom stereocenters. The van der Waals surface area contributed by atoms with Crippen LogP contribution in [0.25, 0.3) is 0 Å². The van der Waals surface area contributed by atoms with Crippen LogP contribution in [-0.2, 0) is 4.43 Å². The zero-order valence-electron chi connectivity index (χ0n) is 11.4. The zero-order chi connectivity index (χ0) is 11.7. The fourth-order valence-corrected chi connectivity index (χ4v) is 3.47. The van der Waals surface area contributed by atoms with Crippen LogP contribution in [0.1, 0.15) is 53.4 Å². The number of rotatable bonds is 2. The molecule has 0 spiro atoms. The molecule has 1 aliphatic carbocycles. The van der Waals surface area contributed by atoms with E-state index in [9.17, 15) is 0 Å². The smallest absolute Gasteiger partial charge is 0.192 e. The minimum atomic E-state index is -1.53. The molecule has 0 unspecified atom stereocenters. The molecular formula is C13H28OSi. The van der Waals surface area contributed by atoms with Gasteiger partial charge in [-0.1, -0.05) is 40.5 Å². The average molecular weight is 228 g/mol. The molecule has 1 fully saturated rings. The van der Waals surface area contributed by atoms with Gasteiger partial charge in [-0.05, 0) is 36.9 Å². The van der Waals surface area contributed by atoms with Crippen molar-refractivity contribution in [3.05, 3.63) is 0 Å². The molecule has 0 bridgehead atoms. The van der Waals surface area contributed by atoms with E-state index >= 15 is 0 Å². The van der Waals surface area contributed by atoms with Crippen molar-refractivity contribution in [1.29, 1.82) is 0 Å². The Morgan fingerprint density at radius 2 is 1.60 bits per heavy atom. The normalized spacial score (nSPS) is 29.2. The number of hydrogen-bond donors (Lipinski definition) is 0. The Morgan fingerprint density at radius 3 is 2.07 bits per heavy atom. The van der Waals surface area contributed by atoms with Crippen molar-refractivity contribution in [2.24, 2.45) is 5.92 Å². The molecule has 0 saturated heterocycles. The standard InChI is InChI=1S/C13H28OSi/c1-11-9-7-8-10-12(11)14-15(5,6)13(2,3)4/h11-12H,7-10H2,1-6H3/t11-,12-/m1/s1. The molecule has 1 rings (SSSR count). The lowest BCUT2D eigenvalue weighted by molar-refractivity contribution is 0.0884. The van der Waals surface area contributed by atoms with E-state index in [4.69, 9.17) is 4.43 Å². The minimum absolute atomic E-state index is 0.351. The van der Waals surface area contributed by atoms with Crippen molar-refractivity contribution in [2.75, 3.05) is 0 Å². The van der Waals surface area contributed by atoms with Crippen molar-refractivity contribution < 1.29 is 4.43 Å². The molecule has 90 valence electrons. The van der Waals surface area contributed by atoms with Gasteiger partial charge in [0.1, 0.15) is 0 Å². The number of hydrogen-bond acceptors (Lipinski definition) is 1. The van der Waals surface area contributed by atoms with Gasteiger partial charge in [0.15, 0.2) is 8.32 Å². The van der Waals surface area contributed by atoms with Crippen LogP contribution in [0, 0.1) is 5.92 Å². The predicted molar refractivity (Wildman–Crippen MR) is 69.7 cm³/mol. The minimum Gasteiger partial charge on any atom is -0.414 e. The second kappa shape index (κ2) is 4.58. The lowest BCUT2D eigenvalue weighted by Crippen LogP contribution is -2.46.